The van der Waals surface area contributed by atoms with Gasteiger partial charge in [0.25, 0.3) is 11.8 Å². The van der Waals surface area contributed by atoms with Gasteiger partial charge in [0.2, 0.25) is 11.8 Å². The Labute approximate surface area is 187 Å². The number of fused-ring (bicyclic) bond motifs is 2. The van der Waals surface area contributed by atoms with Crippen molar-refractivity contribution in [2.45, 2.75) is 25.3 Å². The van der Waals surface area contributed by atoms with Crippen molar-refractivity contribution in [3.05, 3.63) is 59.3 Å². The fourth-order valence-corrected chi connectivity index (χ4v) is 4.61. The molecule has 1 unspecified atom stereocenters. The maximum Gasteiger partial charge on any atom is 0.264 e. The van der Waals surface area contributed by atoms with Crippen LogP contribution in [0.1, 0.15) is 39.1 Å². The lowest BCUT2D eigenvalue weighted by Crippen LogP contribution is -2.54. The summed E-state index contributed by atoms with van der Waals surface area (Å²) in [6.07, 6.45) is 2.67. The first-order chi connectivity index (χ1) is 16.0. The van der Waals surface area contributed by atoms with Gasteiger partial charge in [-0.05, 0) is 30.2 Å². The van der Waals surface area contributed by atoms with Crippen LogP contribution in [0.25, 0.3) is 16.9 Å². The van der Waals surface area contributed by atoms with E-state index in [0.29, 0.717) is 18.0 Å². The number of nitrogens with one attached hydrogen (secondary N) is 1. The topological polar surface area (TPSA) is 123 Å². The first kappa shape index (κ1) is 19.4. The van der Waals surface area contributed by atoms with Crippen LogP contribution in [0.3, 0.4) is 0 Å². The number of benzene rings is 2. The van der Waals surface area contributed by atoms with Gasteiger partial charge < -0.3 is 4.74 Å². The number of rotatable bonds is 3. The van der Waals surface area contributed by atoms with Crippen molar-refractivity contribution in [2.24, 2.45) is 0 Å². The lowest BCUT2D eigenvalue weighted by molar-refractivity contribution is -0.136. The second-order valence-electron chi connectivity index (χ2n) is 8.09. The summed E-state index contributed by atoms with van der Waals surface area (Å²) >= 11 is 0. The molecule has 1 aromatic heterocycles. The Morgan fingerprint density at radius 2 is 1.79 bits per heavy atom. The van der Waals surface area contributed by atoms with Crippen LogP contribution in [0.5, 0.6) is 5.75 Å². The molecule has 3 aromatic rings. The van der Waals surface area contributed by atoms with E-state index in [9.17, 15) is 19.2 Å². The SMILES string of the molecule is O=C1CCC(N2C(=O)c3cccc(-n4cc(-c5cccc6c5OCC6)nn4)c3C2=O)C(=O)N1. The van der Waals surface area contributed by atoms with Crippen molar-refractivity contribution in [1.82, 2.24) is 25.2 Å². The van der Waals surface area contributed by atoms with E-state index in [0.717, 1.165) is 28.2 Å². The van der Waals surface area contributed by atoms with E-state index >= 15 is 0 Å². The minimum atomic E-state index is -1.03. The third kappa shape index (κ3) is 2.87. The smallest absolute Gasteiger partial charge is 0.264 e. The molecular weight excluding hydrogens is 426 g/mol. The molecule has 10 heteroatoms. The summed E-state index contributed by atoms with van der Waals surface area (Å²) in [5.41, 5.74) is 3.19. The van der Waals surface area contributed by atoms with Crippen LogP contribution in [0.15, 0.2) is 42.6 Å². The number of amides is 4. The van der Waals surface area contributed by atoms with E-state index in [4.69, 9.17) is 4.74 Å². The monoisotopic (exact) mass is 443 g/mol. The maximum atomic E-state index is 13.3. The van der Waals surface area contributed by atoms with Gasteiger partial charge in [0.15, 0.2) is 0 Å². The number of hydrogen-bond donors (Lipinski definition) is 1. The minimum absolute atomic E-state index is 0.0621. The molecule has 33 heavy (non-hydrogen) atoms. The predicted octanol–water partition coefficient (Wildman–Crippen LogP) is 1.27. The van der Waals surface area contributed by atoms with Crippen LogP contribution >= 0.6 is 0 Å². The zero-order chi connectivity index (χ0) is 22.7. The van der Waals surface area contributed by atoms with E-state index < -0.39 is 29.7 Å². The van der Waals surface area contributed by atoms with Crippen molar-refractivity contribution in [3.63, 3.8) is 0 Å². The van der Waals surface area contributed by atoms with Gasteiger partial charge in [-0.15, -0.1) is 5.10 Å². The van der Waals surface area contributed by atoms with Gasteiger partial charge in [-0.2, -0.15) is 0 Å². The Morgan fingerprint density at radius 3 is 2.64 bits per heavy atom. The van der Waals surface area contributed by atoms with E-state index in [1.165, 1.54) is 4.68 Å². The van der Waals surface area contributed by atoms with Gasteiger partial charge in [0.05, 0.1) is 29.6 Å². The first-order valence-electron chi connectivity index (χ1n) is 10.6. The van der Waals surface area contributed by atoms with Gasteiger partial charge in [-0.25, -0.2) is 4.68 Å². The number of piperidine rings is 1. The molecule has 0 saturated carbocycles. The number of para-hydroxylation sites is 1. The summed E-state index contributed by atoms with van der Waals surface area (Å²) in [5.74, 6) is -1.46. The van der Waals surface area contributed by atoms with E-state index in [2.05, 4.69) is 15.6 Å². The highest BCUT2D eigenvalue weighted by Gasteiger charge is 2.45. The summed E-state index contributed by atoms with van der Waals surface area (Å²) in [5, 5.41) is 10.7. The molecule has 4 amide bonds. The zero-order valence-electron chi connectivity index (χ0n) is 17.3. The van der Waals surface area contributed by atoms with Gasteiger partial charge in [-0.3, -0.25) is 29.4 Å². The van der Waals surface area contributed by atoms with Crippen LogP contribution in [-0.4, -0.2) is 56.2 Å². The van der Waals surface area contributed by atoms with Crippen molar-refractivity contribution in [3.8, 4) is 22.7 Å². The molecular formula is C23H17N5O5. The van der Waals surface area contributed by atoms with E-state index in [-0.39, 0.29) is 24.0 Å². The molecule has 1 N–H and O–H groups in total. The van der Waals surface area contributed by atoms with E-state index in [1.54, 1.807) is 24.4 Å². The van der Waals surface area contributed by atoms with Crippen LogP contribution in [0.2, 0.25) is 0 Å². The molecule has 0 bridgehead atoms. The second kappa shape index (κ2) is 7.09. The molecule has 4 heterocycles. The van der Waals surface area contributed by atoms with Crippen LogP contribution in [-0.2, 0) is 16.0 Å². The number of carbonyl (C=O) groups excluding carboxylic acids is 4. The van der Waals surface area contributed by atoms with Gasteiger partial charge in [0.1, 0.15) is 17.5 Å². The number of carbonyl (C=O) groups is 4. The summed E-state index contributed by atoms with van der Waals surface area (Å²) in [4.78, 5) is 51.1. The lowest BCUT2D eigenvalue weighted by atomic mass is 10.0. The standard InChI is InChI=1S/C23H17N5O5/c29-18-8-7-17(21(30)24-18)28-22(31)14-5-2-6-16(19(14)23(28)32)27-11-15(25-26-27)13-4-1-3-12-9-10-33-20(12)13/h1-6,11,17H,7-10H2,(H,24,29,30). The molecule has 1 saturated heterocycles. The molecule has 0 radical (unpaired) electrons. The highest BCUT2D eigenvalue weighted by atomic mass is 16.5. The number of hydrogen-bond acceptors (Lipinski definition) is 7. The third-order valence-electron chi connectivity index (χ3n) is 6.18. The molecule has 164 valence electrons. The predicted molar refractivity (Wildman–Crippen MR) is 113 cm³/mol. The average Bonchev–Trinajstić information content (AvgIpc) is 3.54. The van der Waals surface area contributed by atoms with Crippen molar-refractivity contribution in [1.29, 1.82) is 0 Å². The van der Waals surface area contributed by atoms with Crippen LogP contribution in [0.4, 0.5) is 0 Å². The number of imide groups is 2. The fraction of sp³-hybridized carbons (Fsp3) is 0.217. The lowest BCUT2D eigenvalue weighted by Gasteiger charge is -2.27. The molecule has 2 aromatic carbocycles. The normalized spacial score (nSPS) is 19.4. The number of aromatic nitrogens is 3. The van der Waals surface area contributed by atoms with Gasteiger partial charge >= 0.3 is 0 Å². The minimum Gasteiger partial charge on any atom is -0.492 e. The molecule has 3 aliphatic heterocycles. The van der Waals surface area contributed by atoms with Gasteiger partial charge in [-0.1, -0.05) is 23.4 Å². The van der Waals surface area contributed by atoms with Crippen molar-refractivity contribution < 1.29 is 23.9 Å². The Morgan fingerprint density at radius 1 is 0.970 bits per heavy atom. The summed E-state index contributed by atoms with van der Waals surface area (Å²) in [6.45, 7) is 0.611. The average molecular weight is 443 g/mol. The molecule has 1 atom stereocenters. The van der Waals surface area contributed by atoms with Crippen molar-refractivity contribution in [2.75, 3.05) is 6.61 Å². The number of ether oxygens (including phenoxy) is 1. The zero-order valence-corrected chi connectivity index (χ0v) is 17.3. The largest absolute Gasteiger partial charge is 0.492 e. The second-order valence-corrected chi connectivity index (χ2v) is 8.09. The summed E-state index contributed by atoms with van der Waals surface area (Å²) < 4.78 is 7.20. The Hall–Kier alpha value is -4.34. The molecule has 10 nitrogen and oxygen atoms in total. The Kier molecular flexibility index (Phi) is 4.16. The molecule has 0 spiro atoms. The van der Waals surface area contributed by atoms with Gasteiger partial charge in [0, 0.05) is 18.4 Å². The van der Waals surface area contributed by atoms with Crippen molar-refractivity contribution >= 4 is 23.6 Å². The molecule has 3 aliphatic rings. The van der Waals surface area contributed by atoms with Crippen LogP contribution < -0.4 is 10.1 Å². The summed E-state index contributed by atoms with van der Waals surface area (Å²) in [7, 11) is 0. The molecule has 1 fully saturated rings. The fourth-order valence-electron chi connectivity index (χ4n) is 4.61. The summed E-state index contributed by atoms with van der Waals surface area (Å²) in [6, 6.07) is 9.67. The molecule has 0 aliphatic carbocycles. The molecule has 6 rings (SSSR count). The highest BCUT2D eigenvalue weighted by molar-refractivity contribution is 6.24. The highest BCUT2D eigenvalue weighted by Crippen LogP contribution is 2.36. The number of nitrogens with zero attached hydrogens (tertiary/aromatic N) is 4. The van der Waals surface area contributed by atoms with Crippen LogP contribution in [0, 0.1) is 0 Å². The first-order valence-corrected chi connectivity index (χ1v) is 10.6. The maximum absolute atomic E-state index is 13.3. The Bertz CT molecular complexity index is 1380. The third-order valence-corrected chi connectivity index (χ3v) is 6.18. The quantitative estimate of drug-likeness (QED) is 0.605. The van der Waals surface area contributed by atoms with E-state index in [1.807, 2.05) is 18.2 Å². The Balaban J connectivity index is 1.39.